The highest BCUT2D eigenvalue weighted by Crippen LogP contribution is 1.97. The predicted molar refractivity (Wildman–Crippen MR) is 100 cm³/mol. The molecule has 0 radical (unpaired) electrons. The van der Waals surface area contributed by atoms with Crippen molar-refractivity contribution < 1.29 is 9.53 Å². The van der Waals surface area contributed by atoms with Gasteiger partial charge in [-0.1, -0.05) is 73.8 Å². The van der Waals surface area contributed by atoms with Gasteiger partial charge >= 0.3 is 5.97 Å². The Morgan fingerprint density at radius 2 is 1.26 bits per heavy atom. The van der Waals surface area contributed by atoms with E-state index in [0.717, 1.165) is 38.5 Å². The molecule has 0 aliphatic carbocycles. The fourth-order valence-electron chi connectivity index (χ4n) is 1.67. The number of rotatable bonds is 12. The lowest BCUT2D eigenvalue weighted by Crippen LogP contribution is -1.92. The van der Waals surface area contributed by atoms with Crippen LogP contribution in [0.4, 0.5) is 0 Å². The molecule has 2 heteroatoms. The predicted octanol–water partition coefficient (Wildman–Crippen LogP) is 5.86. The summed E-state index contributed by atoms with van der Waals surface area (Å²) in [6.07, 6.45) is 30.7. The number of carbonyl (C=O) groups is 1. The number of esters is 1. The van der Waals surface area contributed by atoms with Crippen molar-refractivity contribution >= 4 is 5.97 Å². The second-order valence-electron chi connectivity index (χ2n) is 4.89. The average Bonchev–Trinajstić information content (AvgIpc) is 2.57. The average molecular weight is 314 g/mol. The summed E-state index contributed by atoms with van der Waals surface area (Å²) in [6.45, 7) is 2.15. The van der Waals surface area contributed by atoms with Gasteiger partial charge in [0.15, 0.2) is 0 Å². The maximum absolute atomic E-state index is 10.8. The molecule has 0 aromatic carbocycles. The number of unbranched alkanes of at least 4 members (excludes halogenated alkanes) is 1. The third-order valence-corrected chi connectivity index (χ3v) is 2.90. The van der Waals surface area contributed by atoms with Crippen LogP contribution in [0, 0.1) is 0 Å². The summed E-state index contributed by atoms with van der Waals surface area (Å²) in [4.78, 5) is 10.8. The van der Waals surface area contributed by atoms with E-state index in [1.165, 1.54) is 13.2 Å². The molecular formula is C21H30O2. The summed E-state index contributed by atoms with van der Waals surface area (Å²) >= 11 is 0. The van der Waals surface area contributed by atoms with Crippen molar-refractivity contribution in [2.75, 3.05) is 7.11 Å². The standard InChI is InChI=1S/C21H30O2/c1-3-4-5-6-7-8-9-10-11-12-13-14-15-16-17-18-19-20-21(22)23-2/h4-5,7-8,10-11,13-14,17-20H,3,6,9,12,15-16H2,1-2H3/b5-4-,8-7-,11-10-,14-13-,18-17+,20-19-. The SMILES string of the molecule is CC/C=C\C/C=C\C/C=C\C/C=C\CC/C=C/C=C\C(=O)OC. The highest BCUT2D eigenvalue weighted by atomic mass is 16.5. The van der Waals surface area contributed by atoms with E-state index in [4.69, 9.17) is 0 Å². The van der Waals surface area contributed by atoms with Crippen LogP contribution in [-0.2, 0) is 9.53 Å². The zero-order valence-electron chi connectivity index (χ0n) is 14.5. The van der Waals surface area contributed by atoms with Crippen molar-refractivity contribution in [3.8, 4) is 0 Å². The van der Waals surface area contributed by atoms with Gasteiger partial charge in [-0.05, 0) is 38.5 Å². The van der Waals surface area contributed by atoms with E-state index in [9.17, 15) is 4.79 Å². The maximum atomic E-state index is 10.8. The number of methoxy groups -OCH3 is 1. The molecule has 0 saturated heterocycles. The first-order valence-electron chi connectivity index (χ1n) is 8.32. The van der Waals surface area contributed by atoms with Crippen LogP contribution >= 0.6 is 0 Å². The maximum Gasteiger partial charge on any atom is 0.330 e. The van der Waals surface area contributed by atoms with Crippen LogP contribution in [-0.4, -0.2) is 13.1 Å². The molecule has 0 unspecified atom stereocenters. The second-order valence-corrected chi connectivity index (χ2v) is 4.89. The van der Waals surface area contributed by atoms with Crippen molar-refractivity contribution in [2.24, 2.45) is 0 Å². The van der Waals surface area contributed by atoms with E-state index >= 15 is 0 Å². The van der Waals surface area contributed by atoms with Crippen LogP contribution in [0.3, 0.4) is 0 Å². The van der Waals surface area contributed by atoms with Gasteiger partial charge in [-0.3, -0.25) is 0 Å². The molecule has 0 heterocycles. The lowest BCUT2D eigenvalue weighted by molar-refractivity contribution is -0.134. The van der Waals surface area contributed by atoms with Crippen LogP contribution in [0.1, 0.15) is 45.4 Å². The van der Waals surface area contributed by atoms with Gasteiger partial charge in [0.1, 0.15) is 0 Å². The van der Waals surface area contributed by atoms with Crippen molar-refractivity contribution in [3.63, 3.8) is 0 Å². The van der Waals surface area contributed by atoms with Gasteiger partial charge in [0.25, 0.3) is 0 Å². The number of allylic oxidation sites excluding steroid dienone is 11. The smallest absolute Gasteiger partial charge is 0.330 e. The fraction of sp³-hybridized carbons (Fsp3) is 0.381. The van der Waals surface area contributed by atoms with Crippen LogP contribution in [0.15, 0.2) is 72.9 Å². The van der Waals surface area contributed by atoms with Gasteiger partial charge in [0, 0.05) is 6.08 Å². The Kier molecular flexibility index (Phi) is 16.3. The lowest BCUT2D eigenvalue weighted by atomic mass is 10.2. The van der Waals surface area contributed by atoms with Crippen LogP contribution < -0.4 is 0 Å². The molecule has 0 bridgehead atoms. The van der Waals surface area contributed by atoms with Crippen molar-refractivity contribution in [2.45, 2.75) is 45.4 Å². The van der Waals surface area contributed by atoms with Crippen LogP contribution in [0.5, 0.6) is 0 Å². The zero-order chi connectivity index (χ0) is 17.0. The lowest BCUT2D eigenvalue weighted by Gasteiger charge is -1.88. The third kappa shape index (κ3) is 17.9. The Morgan fingerprint density at radius 3 is 1.83 bits per heavy atom. The van der Waals surface area contributed by atoms with Gasteiger partial charge in [-0.15, -0.1) is 0 Å². The molecule has 0 spiro atoms. The minimum atomic E-state index is -0.325. The summed E-state index contributed by atoms with van der Waals surface area (Å²) in [5.74, 6) is -0.325. The Balaban J connectivity index is 3.55. The number of carbonyl (C=O) groups excluding carboxylic acids is 1. The van der Waals surface area contributed by atoms with Crippen molar-refractivity contribution in [1.29, 1.82) is 0 Å². The van der Waals surface area contributed by atoms with Crippen LogP contribution in [0.2, 0.25) is 0 Å². The molecule has 0 fully saturated rings. The largest absolute Gasteiger partial charge is 0.466 e. The molecule has 0 aliphatic rings. The fourth-order valence-corrected chi connectivity index (χ4v) is 1.67. The second kappa shape index (κ2) is 18.0. The van der Waals surface area contributed by atoms with Crippen LogP contribution in [0.25, 0.3) is 0 Å². The molecule has 0 aromatic rings. The molecule has 126 valence electrons. The molecular weight excluding hydrogens is 284 g/mol. The molecule has 2 nitrogen and oxygen atoms in total. The first-order chi connectivity index (χ1) is 11.3. The minimum Gasteiger partial charge on any atom is -0.466 e. The highest BCUT2D eigenvalue weighted by molar-refractivity contribution is 5.82. The quantitative estimate of drug-likeness (QED) is 0.148. The monoisotopic (exact) mass is 314 g/mol. The van der Waals surface area contributed by atoms with Gasteiger partial charge in [-0.25, -0.2) is 4.79 Å². The highest BCUT2D eigenvalue weighted by Gasteiger charge is 1.86. The Hall–Kier alpha value is -2.09. The molecule has 0 N–H and O–H groups in total. The molecule has 0 atom stereocenters. The first kappa shape index (κ1) is 20.9. The molecule has 0 saturated carbocycles. The summed E-state index contributed by atoms with van der Waals surface area (Å²) in [7, 11) is 1.37. The molecule has 0 amide bonds. The third-order valence-electron chi connectivity index (χ3n) is 2.90. The number of ether oxygens (including phenoxy) is 1. The van der Waals surface area contributed by atoms with E-state index < -0.39 is 0 Å². The van der Waals surface area contributed by atoms with Crippen molar-refractivity contribution in [1.82, 2.24) is 0 Å². The Labute approximate surface area is 141 Å². The summed E-state index contributed by atoms with van der Waals surface area (Å²) in [5.41, 5.74) is 0. The molecule has 0 aromatic heterocycles. The van der Waals surface area contributed by atoms with Gasteiger partial charge in [-0.2, -0.15) is 0 Å². The van der Waals surface area contributed by atoms with Gasteiger partial charge in [0.2, 0.25) is 0 Å². The zero-order valence-corrected chi connectivity index (χ0v) is 14.5. The van der Waals surface area contributed by atoms with Gasteiger partial charge in [0.05, 0.1) is 7.11 Å². The summed E-state index contributed by atoms with van der Waals surface area (Å²) in [5, 5.41) is 0. The minimum absolute atomic E-state index is 0.325. The molecule has 0 aliphatic heterocycles. The van der Waals surface area contributed by atoms with Gasteiger partial charge < -0.3 is 4.74 Å². The van der Waals surface area contributed by atoms with E-state index in [1.807, 2.05) is 12.2 Å². The molecule has 23 heavy (non-hydrogen) atoms. The van der Waals surface area contributed by atoms with E-state index in [0.29, 0.717) is 0 Å². The Bertz CT molecular complexity index is 448. The normalized spacial score (nSPS) is 13.0. The van der Waals surface area contributed by atoms with E-state index in [2.05, 4.69) is 60.3 Å². The Morgan fingerprint density at radius 1 is 0.739 bits per heavy atom. The van der Waals surface area contributed by atoms with E-state index in [-0.39, 0.29) is 5.97 Å². The first-order valence-corrected chi connectivity index (χ1v) is 8.32. The topological polar surface area (TPSA) is 26.3 Å². The van der Waals surface area contributed by atoms with E-state index in [1.54, 1.807) is 6.08 Å². The number of hydrogen-bond acceptors (Lipinski definition) is 2. The summed E-state index contributed by atoms with van der Waals surface area (Å²) in [6, 6.07) is 0. The summed E-state index contributed by atoms with van der Waals surface area (Å²) < 4.78 is 4.49. The van der Waals surface area contributed by atoms with Crippen molar-refractivity contribution in [3.05, 3.63) is 72.9 Å². The molecule has 0 rings (SSSR count). The number of hydrogen-bond donors (Lipinski definition) is 0.